The number of hydrogen-bond donors (Lipinski definition) is 2. The topological polar surface area (TPSA) is 75.4 Å². The van der Waals surface area contributed by atoms with Crippen molar-refractivity contribution in [1.29, 1.82) is 0 Å². The lowest BCUT2D eigenvalue weighted by molar-refractivity contribution is -0.384. The number of benzene rings is 1. The number of nitro groups is 1. The fraction of sp³-hybridized carbons (Fsp3) is 0.600. The van der Waals surface area contributed by atoms with Crippen LogP contribution in [0.15, 0.2) is 18.2 Å². The minimum atomic E-state index is -0.375. The fourth-order valence-electron chi connectivity index (χ4n) is 3.04. The van der Waals surface area contributed by atoms with Crippen LogP contribution < -0.4 is 5.32 Å². The van der Waals surface area contributed by atoms with Gasteiger partial charge in [0.25, 0.3) is 5.69 Å². The molecule has 3 atom stereocenters. The largest absolute Gasteiger partial charge is 0.392 e. The lowest BCUT2D eigenvalue weighted by Crippen LogP contribution is -2.33. The Morgan fingerprint density at radius 2 is 2.15 bits per heavy atom. The highest BCUT2D eigenvalue weighted by Crippen LogP contribution is 2.33. The molecule has 1 aromatic carbocycles. The molecule has 5 heteroatoms. The van der Waals surface area contributed by atoms with Gasteiger partial charge >= 0.3 is 0 Å². The van der Waals surface area contributed by atoms with E-state index < -0.39 is 0 Å². The van der Waals surface area contributed by atoms with Crippen LogP contribution in [0.3, 0.4) is 0 Å². The van der Waals surface area contributed by atoms with Crippen LogP contribution in [0.1, 0.15) is 38.7 Å². The second-order valence-electron chi connectivity index (χ2n) is 5.91. The predicted molar refractivity (Wildman–Crippen MR) is 78.6 cm³/mol. The van der Waals surface area contributed by atoms with Crippen LogP contribution in [-0.2, 0) is 6.61 Å². The molecule has 1 aromatic rings. The van der Waals surface area contributed by atoms with Gasteiger partial charge in [0, 0.05) is 12.1 Å². The monoisotopic (exact) mass is 278 g/mol. The first kappa shape index (κ1) is 14.8. The smallest absolute Gasteiger partial charge is 0.292 e. The van der Waals surface area contributed by atoms with Gasteiger partial charge in [-0.15, -0.1) is 0 Å². The van der Waals surface area contributed by atoms with E-state index >= 15 is 0 Å². The summed E-state index contributed by atoms with van der Waals surface area (Å²) in [7, 11) is 0. The van der Waals surface area contributed by atoms with E-state index in [-0.39, 0.29) is 23.3 Å². The van der Waals surface area contributed by atoms with Crippen LogP contribution in [-0.4, -0.2) is 16.1 Å². The Hall–Kier alpha value is -1.62. The molecule has 0 aromatic heterocycles. The second-order valence-corrected chi connectivity index (χ2v) is 5.91. The number of hydrogen-bond acceptors (Lipinski definition) is 4. The third kappa shape index (κ3) is 3.28. The molecule has 0 heterocycles. The molecular formula is C15H22N2O3. The third-order valence-corrected chi connectivity index (χ3v) is 4.21. The molecule has 0 saturated heterocycles. The molecule has 20 heavy (non-hydrogen) atoms. The van der Waals surface area contributed by atoms with Gasteiger partial charge in [0.05, 0.1) is 11.5 Å². The lowest BCUT2D eigenvalue weighted by atomic mass is 9.80. The maximum atomic E-state index is 11.1. The molecule has 2 rings (SSSR count). The number of anilines is 1. The Morgan fingerprint density at radius 3 is 2.75 bits per heavy atom. The minimum absolute atomic E-state index is 0.0769. The maximum absolute atomic E-state index is 11.1. The van der Waals surface area contributed by atoms with Gasteiger partial charge in [-0.25, -0.2) is 0 Å². The molecule has 2 N–H and O–H groups in total. The van der Waals surface area contributed by atoms with E-state index in [1.807, 2.05) is 0 Å². The van der Waals surface area contributed by atoms with Crippen molar-refractivity contribution in [3.63, 3.8) is 0 Å². The van der Waals surface area contributed by atoms with Crippen LogP contribution in [0.4, 0.5) is 11.4 Å². The van der Waals surface area contributed by atoms with E-state index in [9.17, 15) is 15.2 Å². The van der Waals surface area contributed by atoms with Crippen molar-refractivity contribution in [3.05, 3.63) is 33.9 Å². The number of aliphatic hydroxyl groups is 1. The van der Waals surface area contributed by atoms with Gasteiger partial charge in [0.1, 0.15) is 5.69 Å². The second kappa shape index (κ2) is 6.22. The molecule has 0 aliphatic heterocycles. The molecule has 0 radical (unpaired) electrons. The Bertz CT molecular complexity index is 490. The summed E-state index contributed by atoms with van der Waals surface area (Å²) < 4.78 is 0. The van der Waals surface area contributed by atoms with Gasteiger partial charge in [-0.3, -0.25) is 10.1 Å². The summed E-state index contributed by atoms with van der Waals surface area (Å²) in [6, 6.07) is 5.00. The van der Waals surface area contributed by atoms with Gasteiger partial charge in [-0.1, -0.05) is 13.8 Å². The fourth-order valence-corrected chi connectivity index (χ4v) is 3.04. The lowest BCUT2D eigenvalue weighted by Gasteiger charge is -2.33. The van der Waals surface area contributed by atoms with Crippen LogP contribution in [0.25, 0.3) is 0 Å². The van der Waals surface area contributed by atoms with E-state index in [1.165, 1.54) is 6.07 Å². The summed E-state index contributed by atoms with van der Waals surface area (Å²) in [6.07, 6.45) is 3.32. The highest BCUT2D eigenvalue weighted by molar-refractivity contribution is 5.63. The molecule has 110 valence electrons. The van der Waals surface area contributed by atoms with Gasteiger partial charge in [-0.2, -0.15) is 0 Å². The Balaban J connectivity index is 2.20. The predicted octanol–water partition coefficient (Wildman–Crippen LogP) is 3.32. The molecule has 1 aliphatic rings. The Kier molecular flexibility index (Phi) is 4.60. The zero-order chi connectivity index (χ0) is 14.7. The highest BCUT2D eigenvalue weighted by atomic mass is 16.6. The molecule has 1 aliphatic carbocycles. The summed E-state index contributed by atoms with van der Waals surface area (Å²) in [5.41, 5.74) is 1.29. The van der Waals surface area contributed by atoms with Crippen molar-refractivity contribution in [1.82, 2.24) is 0 Å². The molecule has 3 unspecified atom stereocenters. The van der Waals surface area contributed by atoms with E-state index in [1.54, 1.807) is 12.1 Å². The summed E-state index contributed by atoms with van der Waals surface area (Å²) in [6.45, 7) is 4.33. The first-order valence-electron chi connectivity index (χ1n) is 7.16. The quantitative estimate of drug-likeness (QED) is 0.654. The molecular weight excluding hydrogens is 256 g/mol. The van der Waals surface area contributed by atoms with Crippen molar-refractivity contribution in [3.8, 4) is 0 Å². The van der Waals surface area contributed by atoms with Crippen LogP contribution >= 0.6 is 0 Å². The van der Waals surface area contributed by atoms with E-state index in [2.05, 4.69) is 19.2 Å². The minimum Gasteiger partial charge on any atom is -0.392 e. The van der Waals surface area contributed by atoms with Crippen molar-refractivity contribution in [2.75, 3.05) is 5.32 Å². The summed E-state index contributed by atoms with van der Waals surface area (Å²) in [5, 5.41) is 23.6. The number of rotatable bonds is 4. The van der Waals surface area contributed by atoms with Crippen molar-refractivity contribution in [2.24, 2.45) is 11.8 Å². The molecule has 1 saturated carbocycles. The van der Waals surface area contributed by atoms with Crippen molar-refractivity contribution in [2.45, 2.75) is 45.8 Å². The summed E-state index contributed by atoms with van der Waals surface area (Å²) in [5.74, 6) is 1.22. The van der Waals surface area contributed by atoms with Gasteiger partial charge < -0.3 is 10.4 Å². The number of aliphatic hydroxyl groups excluding tert-OH is 1. The standard InChI is InChI=1S/C15H22N2O3/c1-10-3-5-13(11(2)7-10)16-14-8-12(9-18)4-6-15(14)17(19)20/h4,6,8,10-11,13,16,18H,3,5,7,9H2,1-2H3. The molecule has 0 spiro atoms. The Labute approximate surface area is 119 Å². The molecule has 5 nitrogen and oxygen atoms in total. The normalized spacial score (nSPS) is 26.2. The molecule has 0 bridgehead atoms. The van der Waals surface area contributed by atoms with E-state index in [4.69, 9.17) is 0 Å². The highest BCUT2D eigenvalue weighted by Gasteiger charge is 2.27. The number of nitrogens with zero attached hydrogens (tertiary/aromatic N) is 1. The van der Waals surface area contributed by atoms with Crippen LogP contribution in [0, 0.1) is 22.0 Å². The SMILES string of the molecule is CC1CCC(Nc2cc(CO)ccc2[N+](=O)[O-])C(C)C1. The maximum Gasteiger partial charge on any atom is 0.292 e. The summed E-state index contributed by atoms with van der Waals surface area (Å²) >= 11 is 0. The first-order valence-corrected chi connectivity index (χ1v) is 7.16. The van der Waals surface area contributed by atoms with E-state index in [0.717, 1.165) is 25.2 Å². The molecule has 0 amide bonds. The number of nitro benzene ring substituents is 1. The summed E-state index contributed by atoms with van der Waals surface area (Å²) in [4.78, 5) is 10.7. The van der Waals surface area contributed by atoms with Crippen molar-refractivity contribution < 1.29 is 10.0 Å². The first-order chi connectivity index (χ1) is 9.51. The number of nitrogens with one attached hydrogen (secondary N) is 1. The van der Waals surface area contributed by atoms with E-state index in [0.29, 0.717) is 17.2 Å². The van der Waals surface area contributed by atoms with Crippen molar-refractivity contribution >= 4 is 11.4 Å². The van der Waals surface area contributed by atoms with Gasteiger partial charge in [-0.05, 0) is 48.8 Å². The van der Waals surface area contributed by atoms with Crippen LogP contribution in [0.2, 0.25) is 0 Å². The molecule has 1 fully saturated rings. The average Bonchev–Trinajstić information content (AvgIpc) is 2.41. The zero-order valence-corrected chi connectivity index (χ0v) is 12.0. The van der Waals surface area contributed by atoms with Gasteiger partial charge in [0.15, 0.2) is 0 Å². The third-order valence-electron chi connectivity index (χ3n) is 4.21. The van der Waals surface area contributed by atoms with Crippen LogP contribution in [0.5, 0.6) is 0 Å². The Morgan fingerprint density at radius 1 is 1.40 bits per heavy atom. The van der Waals surface area contributed by atoms with Gasteiger partial charge in [0.2, 0.25) is 0 Å². The average molecular weight is 278 g/mol. The zero-order valence-electron chi connectivity index (χ0n) is 12.0.